The third-order valence-electron chi connectivity index (χ3n) is 3.82. The Labute approximate surface area is 138 Å². The maximum atomic E-state index is 12.5. The Kier molecular flexibility index (Phi) is 5.65. The summed E-state index contributed by atoms with van der Waals surface area (Å²) in [6, 6.07) is 9.18. The Balaban J connectivity index is 2.09. The van der Waals surface area contributed by atoms with Crippen LogP contribution in [-0.2, 0) is 9.47 Å². The maximum absolute atomic E-state index is 12.5. The van der Waals surface area contributed by atoms with Crippen LogP contribution in [0.2, 0.25) is 0 Å². The standard InChI is InChI=1S/C18H27NO4/c1-13-11-22-12-15(19(13)17(21)23-18(2,3)4)10-16(20)14-8-6-5-7-9-14/h5-9,13,15-16,20H,10-12H2,1-4H3. The molecule has 23 heavy (non-hydrogen) atoms. The summed E-state index contributed by atoms with van der Waals surface area (Å²) in [6.45, 7) is 8.38. The van der Waals surface area contributed by atoms with Gasteiger partial charge in [0, 0.05) is 6.42 Å². The van der Waals surface area contributed by atoms with E-state index in [9.17, 15) is 9.90 Å². The molecule has 3 atom stereocenters. The molecular formula is C18H27NO4. The van der Waals surface area contributed by atoms with Crippen molar-refractivity contribution in [2.45, 2.75) is 57.9 Å². The monoisotopic (exact) mass is 321 g/mol. The van der Waals surface area contributed by atoms with Crippen molar-refractivity contribution in [3.05, 3.63) is 35.9 Å². The van der Waals surface area contributed by atoms with Crippen molar-refractivity contribution < 1.29 is 19.4 Å². The van der Waals surface area contributed by atoms with E-state index in [1.165, 1.54) is 0 Å². The number of aliphatic hydroxyl groups is 1. The van der Waals surface area contributed by atoms with Crippen LogP contribution in [0.1, 0.15) is 45.8 Å². The fraction of sp³-hybridized carbons (Fsp3) is 0.611. The second kappa shape index (κ2) is 7.32. The molecular weight excluding hydrogens is 294 g/mol. The number of carbonyl (C=O) groups excluding carboxylic acids is 1. The van der Waals surface area contributed by atoms with E-state index >= 15 is 0 Å². The van der Waals surface area contributed by atoms with E-state index in [-0.39, 0.29) is 18.2 Å². The predicted molar refractivity (Wildman–Crippen MR) is 88.2 cm³/mol. The second-order valence-electron chi connectivity index (χ2n) is 7.09. The number of rotatable bonds is 3. The molecule has 128 valence electrons. The molecule has 2 rings (SSSR count). The molecule has 1 fully saturated rings. The highest BCUT2D eigenvalue weighted by Gasteiger charge is 2.36. The SMILES string of the molecule is CC1COCC(CC(O)c2ccccc2)N1C(=O)OC(C)(C)C. The summed E-state index contributed by atoms with van der Waals surface area (Å²) in [5.74, 6) is 0. The van der Waals surface area contributed by atoms with E-state index < -0.39 is 11.7 Å². The summed E-state index contributed by atoms with van der Waals surface area (Å²) >= 11 is 0. The van der Waals surface area contributed by atoms with Gasteiger partial charge in [0.05, 0.1) is 31.4 Å². The highest BCUT2D eigenvalue weighted by molar-refractivity contribution is 5.69. The highest BCUT2D eigenvalue weighted by atomic mass is 16.6. The first kappa shape index (κ1) is 17.8. The Morgan fingerprint density at radius 2 is 2.00 bits per heavy atom. The van der Waals surface area contributed by atoms with Crippen LogP contribution in [0.3, 0.4) is 0 Å². The minimum absolute atomic E-state index is 0.0772. The first-order valence-corrected chi connectivity index (χ1v) is 8.10. The Morgan fingerprint density at radius 3 is 2.61 bits per heavy atom. The second-order valence-corrected chi connectivity index (χ2v) is 7.09. The maximum Gasteiger partial charge on any atom is 0.410 e. The van der Waals surface area contributed by atoms with Gasteiger partial charge in [0.15, 0.2) is 0 Å². The van der Waals surface area contributed by atoms with Gasteiger partial charge in [-0.05, 0) is 33.3 Å². The number of hydrogen-bond donors (Lipinski definition) is 1. The molecule has 1 aromatic carbocycles. The number of hydrogen-bond acceptors (Lipinski definition) is 4. The molecule has 0 saturated carbocycles. The Bertz CT molecular complexity index is 512. The number of ether oxygens (including phenoxy) is 2. The normalized spacial score (nSPS) is 23.4. The molecule has 5 nitrogen and oxygen atoms in total. The van der Waals surface area contributed by atoms with E-state index in [2.05, 4.69) is 0 Å². The van der Waals surface area contributed by atoms with Crippen molar-refractivity contribution in [2.24, 2.45) is 0 Å². The van der Waals surface area contributed by atoms with Gasteiger partial charge in [-0.15, -0.1) is 0 Å². The van der Waals surface area contributed by atoms with Crippen molar-refractivity contribution in [3.63, 3.8) is 0 Å². The molecule has 1 heterocycles. The lowest BCUT2D eigenvalue weighted by atomic mass is 10.00. The molecule has 3 unspecified atom stereocenters. The van der Waals surface area contributed by atoms with Crippen molar-refractivity contribution in [2.75, 3.05) is 13.2 Å². The van der Waals surface area contributed by atoms with Crippen LogP contribution in [0.4, 0.5) is 4.79 Å². The summed E-state index contributed by atoms with van der Waals surface area (Å²) < 4.78 is 11.1. The Morgan fingerprint density at radius 1 is 1.35 bits per heavy atom. The van der Waals surface area contributed by atoms with Gasteiger partial charge in [0.1, 0.15) is 5.60 Å². The van der Waals surface area contributed by atoms with Crippen LogP contribution >= 0.6 is 0 Å². The van der Waals surface area contributed by atoms with Gasteiger partial charge in [-0.1, -0.05) is 30.3 Å². The van der Waals surface area contributed by atoms with E-state index in [4.69, 9.17) is 9.47 Å². The van der Waals surface area contributed by atoms with Gasteiger partial charge >= 0.3 is 6.09 Å². The first-order valence-electron chi connectivity index (χ1n) is 8.10. The summed E-state index contributed by atoms with van der Waals surface area (Å²) in [4.78, 5) is 14.2. The van der Waals surface area contributed by atoms with E-state index in [1.807, 2.05) is 58.0 Å². The molecule has 0 bridgehead atoms. The summed E-state index contributed by atoms with van der Waals surface area (Å²) in [5.41, 5.74) is 0.299. The first-order chi connectivity index (χ1) is 10.8. The zero-order chi connectivity index (χ0) is 17.0. The van der Waals surface area contributed by atoms with Crippen LogP contribution in [0.15, 0.2) is 30.3 Å². The van der Waals surface area contributed by atoms with E-state index in [0.29, 0.717) is 19.6 Å². The smallest absolute Gasteiger partial charge is 0.410 e. The fourth-order valence-electron chi connectivity index (χ4n) is 2.79. The zero-order valence-corrected chi connectivity index (χ0v) is 14.4. The number of morpholine rings is 1. The quantitative estimate of drug-likeness (QED) is 0.929. The van der Waals surface area contributed by atoms with Gasteiger partial charge in [-0.25, -0.2) is 4.79 Å². The lowest BCUT2D eigenvalue weighted by Crippen LogP contribution is -2.55. The highest BCUT2D eigenvalue weighted by Crippen LogP contribution is 2.26. The van der Waals surface area contributed by atoms with Gasteiger partial charge < -0.3 is 14.6 Å². The van der Waals surface area contributed by atoms with Gasteiger partial charge in [-0.2, -0.15) is 0 Å². The molecule has 0 aliphatic carbocycles. The van der Waals surface area contributed by atoms with Gasteiger partial charge in [0.2, 0.25) is 0 Å². The van der Waals surface area contributed by atoms with Crippen LogP contribution < -0.4 is 0 Å². The van der Waals surface area contributed by atoms with Crippen LogP contribution in [0.5, 0.6) is 0 Å². The summed E-state index contributed by atoms with van der Waals surface area (Å²) in [7, 11) is 0. The molecule has 1 amide bonds. The topological polar surface area (TPSA) is 59.0 Å². The third-order valence-corrected chi connectivity index (χ3v) is 3.82. The minimum Gasteiger partial charge on any atom is -0.444 e. The van der Waals surface area contributed by atoms with Gasteiger partial charge in [-0.3, -0.25) is 4.90 Å². The van der Waals surface area contributed by atoms with Crippen molar-refractivity contribution in [1.82, 2.24) is 4.90 Å². The van der Waals surface area contributed by atoms with E-state index in [0.717, 1.165) is 5.56 Å². The van der Waals surface area contributed by atoms with Crippen molar-refractivity contribution >= 4 is 6.09 Å². The lowest BCUT2D eigenvalue weighted by molar-refractivity contribution is -0.0662. The summed E-state index contributed by atoms with van der Waals surface area (Å²) in [5, 5.41) is 10.5. The molecule has 1 aliphatic rings. The van der Waals surface area contributed by atoms with E-state index in [1.54, 1.807) is 4.90 Å². The molecule has 0 aromatic heterocycles. The average molecular weight is 321 g/mol. The molecule has 5 heteroatoms. The number of amides is 1. The molecule has 1 N–H and O–H groups in total. The lowest BCUT2D eigenvalue weighted by Gasteiger charge is -2.41. The predicted octanol–water partition coefficient (Wildman–Crippen LogP) is 3.13. The van der Waals surface area contributed by atoms with Gasteiger partial charge in [0.25, 0.3) is 0 Å². The summed E-state index contributed by atoms with van der Waals surface area (Å²) in [6.07, 6.45) is -0.563. The molecule has 1 aromatic rings. The third kappa shape index (κ3) is 4.94. The van der Waals surface area contributed by atoms with Crippen LogP contribution in [-0.4, -0.2) is 47.0 Å². The number of nitrogens with zero attached hydrogens (tertiary/aromatic N) is 1. The fourth-order valence-corrected chi connectivity index (χ4v) is 2.79. The minimum atomic E-state index is -0.639. The van der Waals surface area contributed by atoms with Crippen molar-refractivity contribution in [3.8, 4) is 0 Å². The molecule has 0 radical (unpaired) electrons. The average Bonchev–Trinajstić information content (AvgIpc) is 2.46. The number of benzene rings is 1. The van der Waals surface area contributed by atoms with Crippen LogP contribution in [0, 0.1) is 0 Å². The molecule has 1 aliphatic heterocycles. The van der Waals surface area contributed by atoms with Crippen LogP contribution in [0.25, 0.3) is 0 Å². The molecule has 1 saturated heterocycles. The van der Waals surface area contributed by atoms with Crippen molar-refractivity contribution in [1.29, 1.82) is 0 Å². The zero-order valence-electron chi connectivity index (χ0n) is 14.4. The Hall–Kier alpha value is -1.59. The molecule has 0 spiro atoms. The number of aliphatic hydroxyl groups excluding tert-OH is 1. The largest absolute Gasteiger partial charge is 0.444 e. The number of carbonyl (C=O) groups is 1.